The van der Waals surface area contributed by atoms with Gasteiger partial charge in [-0.2, -0.15) is 23.4 Å². The molecule has 0 fully saturated rings. The van der Waals surface area contributed by atoms with E-state index in [-0.39, 0.29) is 11.1 Å². The van der Waals surface area contributed by atoms with Crippen LogP contribution < -0.4 is 0 Å². The molecule has 152 valence electrons. The lowest BCUT2D eigenvalue weighted by Gasteiger charge is -2.21. The summed E-state index contributed by atoms with van der Waals surface area (Å²) >= 11 is 0. The van der Waals surface area contributed by atoms with Crippen molar-refractivity contribution >= 4 is 17.4 Å². The SMILES string of the molecule is O=C(C[C@H](Cc1ccccc1C(F)(F)F)[C@@H](O)C(=O)O)c1cnc2c(c1)N=NC2. The fraction of sp³-hybridized carbons (Fsp3) is 0.316. The molecule has 0 saturated carbocycles. The average Bonchev–Trinajstić information content (AvgIpc) is 3.14. The first-order chi connectivity index (χ1) is 13.7. The highest BCUT2D eigenvalue weighted by Gasteiger charge is 2.35. The minimum absolute atomic E-state index is 0.122. The molecule has 29 heavy (non-hydrogen) atoms. The Morgan fingerprint density at radius 1 is 1.21 bits per heavy atom. The van der Waals surface area contributed by atoms with Crippen LogP contribution in [-0.2, 0) is 23.9 Å². The number of carboxylic acid groups (broad SMARTS) is 1. The number of alkyl halides is 3. The van der Waals surface area contributed by atoms with E-state index in [4.69, 9.17) is 5.11 Å². The van der Waals surface area contributed by atoms with Crippen LogP contribution in [0, 0.1) is 5.92 Å². The van der Waals surface area contributed by atoms with Crippen LogP contribution in [0.3, 0.4) is 0 Å². The summed E-state index contributed by atoms with van der Waals surface area (Å²) in [5.41, 5.74) is -0.0127. The number of nitrogens with zero attached hydrogens (tertiary/aromatic N) is 3. The van der Waals surface area contributed by atoms with Crippen molar-refractivity contribution in [2.45, 2.75) is 31.7 Å². The van der Waals surface area contributed by atoms with Gasteiger partial charge in [0.2, 0.25) is 0 Å². The van der Waals surface area contributed by atoms with E-state index < -0.39 is 48.4 Å². The molecule has 0 unspecified atom stereocenters. The molecule has 0 saturated heterocycles. The molecule has 0 spiro atoms. The van der Waals surface area contributed by atoms with Crippen molar-refractivity contribution in [3.8, 4) is 0 Å². The number of pyridine rings is 1. The summed E-state index contributed by atoms with van der Waals surface area (Å²) < 4.78 is 39.7. The monoisotopic (exact) mass is 407 g/mol. The first-order valence-corrected chi connectivity index (χ1v) is 8.62. The molecular formula is C19H16F3N3O4. The molecule has 3 rings (SSSR count). The lowest BCUT2D eigenvalue weighted by Crippen LogP contribution is -2.33. The molecule has 1 aliphatic heterocycles. The second-order valence-electron chi connectivity index (χ2n) is 6.62. The van der Waals surface area contributed by atoms with Gasteiger partial charge in [-0.3, -0.25) is 9.78 Å². The summed E-state index contributed by atoms with van der Waals surface area (Å²) in [5, 5.41) is 26.8. The zero-order valence-corrected chi connectivity index (χ0v) is 14.9. The van der Waals surface area contributed by atoms with Gasteiger partial charge in [-0.05, 0) is 24.1 Å². The number of benzene rings is 1. The zero-order chi connectivity index (χ0) is 21.2. The topological polar surface area (TPSA) is 112 Å². The molecule has 7 nitrogen and oxygen atoms in total. The number of aliphatic carboxylic acids is 1. The van der Waals surface area contributed by atoms with Gasteiger partial charge in [0.1, 0.15) is 12.2 Å². The van der Waals surface area contributed by atoms with E-state index in [1.165, 1.54) is 30.5 Å². The van der Waals surface area contributed by atoms with Crippen LogP contribution in [0.4, 0.5) is 18.9 Å². The Balaban J connectivity index is 1.86. The number of carboxylic acids is 1. The van der Waals surface area contributed by atoms with Crippen LogP contribution in [0.2, 0.25) is 0 Å². The minimum Gasteiger partial charge on any atom is -0.479 e. The smallest absolute Gasteiger partial charge is 0.416 e. The number of aromatic nitrogens is 1. The second kappa shape index (κ2) is 8.08. The number of hydrogen-bond acceptors (Lipinski definition) is 6. The maximum Gasteiger partial charge on any atom is 0.416 e. The number of Topliss-reactive ketones (excluding diaryl/α,β-unsaturated/α-hetero) is 1. The van der Waals surface area contributed by atoms with E-state index >= 15 is 0 Å². The van der Waals surface area contributed by atoms with Gasteiger partial charge in [-0.15, -0.1) is 0 Å². The number of ketones is 1. The molecule has 2 heterocycles. The third-order valence-corrected chi connectivity index (χ3v) is 4.62. The van der Waals surface area contributed by atoms with Gasteiger partial charge >= 0.3 is 12.1 Å². The van der Waals surface area contributed by atoms with Gasteiger partial charge in [-0.25, -0.2) is 4.79 Å². The van der Waals surface area contributed by atoms with Crippen molar-refractivity contribution in [1.29, 1.82) is 0 Å². The number of carbonyl (C=O) groups excluding carboxylic acids is 1. The van der Waals surface area contributed by atoms with Crippen LogP contribution in [0.1, 0.15) is 33.6 Å². The fourth-order valence-electron chi connectivity index (χ4n) is 3.13. The summed E-state index contributed by atoms with van der Waals surface area (Å²) in [4.78, 5) is 27.9. The molecule has 2 N–H and O–H groups in total. The molecule has 0 amide bonds. The maximum atomic E-state index is 13.2. The van der Waals surface area contributed by atoms with Gasteiger partial charge in [0.05, 0.1) is 11.3 Å². The lowest BCUT2D eigenvalue weighted by atomic mass is 9.86. The van der Waals surface area contributed by atoms with E-state index in [9.17, 15) is 27.9 Å². The number of carbonyl (C=O) groups is 2. The Morgan fingerprint density at radius 2 is 1.93 bits per heavy atom. The normalized spacial score (nSPS) is 15.0. The summed E-state index contributed by atoms with van der Waals surface area (Å²) in [5.74, 6) is -3.44. The predicted molar refractivity (Wildman–Crippen MR) is 93.7 cm³/mol. The average molecular weight is 407 g/mol. The summed E-state index contributed by atoms with van der Waals surface area (Å²) in [6.45, 7) is 0.290. The number of aliphatic hydroxyl groups is 1. The van der Waals surface area contributed by atoms with Gasteiger partial charge < -0.3 is 10.2 Å². The Kier molecular flexibility index (Phi) is 5.73. The van der Waals surface area contributed by atoms with Crippen molar-refractivity contribution < 1.29 is 33.0 Å². The third kappa shape index (κ3) is 4.65. The number of hydrogen-bond donors (Lipinski definition) is 2. The van der Waals surface area contributed by atoms with E-state index in [1.54, 1.807) is 0 Å². The fourth-order valence-corrected chi connectivity index (χ4v) is 3.13. The Hall–Kier alpha value is -3.14. The predicted octanol–water partition coefficient (Wildman–Crippen LogP) is 3.57. The molecular weight excluding hydrogens is 391 g/mol. The number of fused-ring (bicyclic) bond motifs is 1. The molecule has 2 atom stereocenters. The Morgan fingerprint density at radius 3 is 2.62 bits per heavy atom. The molecule has 0 radical (unpaired) electrons. The standard InChI is InChI=1S/C19H16F3N3O4/c20-19(21,22)13-4-2-1-3-10(13)5-11(17(27)18(28)29)7-16(26)12-6-14-15(23-8-12)9-24-25-14/h1-4,6,8,11,17,27H,5,7,9H2,(H,28,29)/t11-,17+/m0/s1. The van der Waals surface area contributed by atoms with Crippen LogP contribution in [0.5, 0.6) is 0 Å². The van der Waals surface area contributed by atoms with Crippen molar-refractivity contribution in [2.75, 3.05) is 0 Å². The van der Waals surface area contributed by atoms with E-state index in [0.29, 0.717) is 17.9 Å². The lowest BCUT2D eigenvalue weighted by molar-refractivity contribution is -0.149. The molecule has 1 aliphatic rings. The molecule has 0 aliphatic carbocycles. The first kappa shape index (κ1) is 20.6. The van der Waals surface area contributed by atoms with Crippen molar-refractivity contribution in [3.05, 3.63) is 58.9 Å². The largest absolute Gasteiger partial charge is 0.479 e. The Labute approximate surface area is 162 Å². The molecule has 2 aromatic rings. The molecule has 10 heteroatoms. The molecule has 1 aromatic carbocycles. The van der Waals surface area contributed by atoms with Gasteiger partial charge in [0.15, 0.2) is 11.9 Å². The van der Waals surface area contributed by atoms with E-state index in [0.717, 1.165) is 6.07 Å². The quantitative estimate of drug-likeness (QED) is 0.682. The minimum atomic E-state index is -4.64. The summed E-state index contributed by atoms with van der Waals surface area (Å²) in [6.07, 6.45) is -6.29. The van der Waals surface area contributed by atoms with Crippen molar-refractivity contribution in [1.82, 2.24) is 4.98 Å². The number of azo groups is 1. The van der Waals surface area contributed by atoms with Crippen LogP contribution in [-0.4, -0.2) is 33.1 Å². The van der Waals surface area contributed by atoms with Crippen LogP contribution in [0.15, 0.2) is 46.8 Å². The van der Waals surface area contributed by atoms with Crippen molar-refractivity contribution in [3.63, 3.8) is 0 Å². The van der Waals surface area contributed by atoms with Crippen molar-refractivity contribution in [2.24, 2.45) is 16.1 Å². The highest BCUT2D eigenvalue weighted by molar-refractivity contribution is 5.97. The van der Waals surface area contributed by atoms with E-state index in [2.05, 4.69) is 15.2 Å². The van der Waals surface area contributed by atoms with Crippen LogP contribution >= 0.6 is 0 Å². The number of rotatable bonds is 7. The molecule has 1 aromatic heterocycles. The van der Waals surface area contributed by atoms with E-state index in [1.807, 2.05) is 0 Å². The zero-order valence-electron chi connectivity index (χ0n) is 14.9. The van der Waals surface area contributed by atoms with Gasteiger partial charge in [-0.1, -0.05) is 18.2 Å². The summed E-state index contributed by atoms with van der Waals surface area (Å²) in [6, 6.07) is 6.11. The summed E-state index contributed by atoms with van der Waals surface area (Å²) in [7, 11) is 0. The second-order valence-corrected chi connectivity index (χ2v) is 6.62. The number of aliphatic hydroxyl groups excluding tert-OH is 1. The third-order valence-electron chi connectivity index (χ3n) is 4.62. The van der Waals surface area contributed by atoms with Gasteiger partial charge in [0.25, 0.3) is 0 Å². The first-order valence-electron chi connectivity index (χ1n) is 8.62. The Bertz CT molecular complexity index is 975. The van der Waals surface area contributed by atoms with Crippen LogP contribution in [0.25, 0.3) is 0 Å². The highest BCUT2D eigenvalue weighted by atomic mass is 19.4. The number of halogens is 3. The highest BCUT2D eigenvalue weighted by Crippen LogP contribution is 2.34. The molecule has 0 bridgehead atoms. The maximum absolute atomic E-state index is 13.2. The van der Waals surface area contributed by atoms with Gasteiger partial charge in [0, 0.05) is 24.1 Å².